The molecule has 814 valence electrons. The number of carbonyl (C=O) groups is 4. The van der Waals surface area contributed by atoms with Crippen LogP contribution < -0.4 is 39.5 Å². The fourth-order valence-corrected chi connectivity index (χ4v) is 18.7. The maximum absolute atomic E-state index is 13.5. The van der Waals surface area contributed by atoms with Crippen LogP contribution in [0.2, 0.25) is 51.4 Å². The van der Waals surface area contributed by atoms with Gasteiger partial charge in [-0.05, 0) is 310 Å². The van der Waals surface area contributed by atoms with E-state index in [-0.39, 0.29) is 31.0 Å². The molecule has 4 bridgehead atoms. The van der Waals surface area contributed by atoms with Crippen LogP contribution >= 0.6 is 112 Å². The minimum absolute atomic E-state index is 0.125. The number of pyridine rings is 7. The number of hydrogen-bond acceptors (Lipinski definition) is 26. The number of anilines is 3. The van der Waals surface area contributed by atoms with Crippen molar-refractivity contribution >= 4 is 169 Å². The highest BCUT2D eigenvalue weighted by Crippen LogP contribution is 2.39. The summed E-state index contributed by atoms with van der Waals surface area (Å²) in [4.78, 5) is 83.3. The predicted octanol–water partition coefficient (Wildman–Crippen LogP) is 27.0. The van der Waals surface area contributed by atoms with Crippen molar-refractivity contribution in [2.24, 2.45) is 21.7 Å². The quantitative estimate of drug-likeness (QED) is 0.0102. The standard InChI is InChI=1S/C25H40BrN5O3Si.C25H39N5O3Si.C18H28BrNO3.C14H20BrNO3.2C10H14BrNO2.C5H3Br2N/c1-25(2,12-7-6-8-13-34-22-11-9-10-21(26)28-22)24(32)30-16-19-20(17-30)31(29-23(19)27)18-33-14-15-35(3,4)5;1-25(2)12-7-6-8-13-33-22-11-9-10-21(26-22)27-23-19-16-29(24(25)31)17-20(19)30(28-23)18-32-14-15-34(3,4)5;1-17(2,3)23-16(21)18(4,5)12-7-6-8-13-22-15-11-9-10-14(19)20-15;1-14(2,13(17)18)9-4-3-5-10-19-12-8-6-7-11(15)16-12;2*11-9-5-4-6-10(12-9)14-8-3-1-2-7-13;6-4-2-1-3-5(7)8-4/h9-11H,6-8,12-18H2,1-5H3,(H2,27,29);9-11H,6-8,12-18H2,1-5H3,(H,26,27,28);9-11H,6-8,12-13H2,1-5H3;6-8H,3-5,9-10H2,1-2H3,(H,17,18);2*4-6,13H,1-3,7-8H2;1-3H. The molecule has 0 radical (unpaired) electrons. The molecule has 0 aromatic carbocycles. The highest BCUT2D eigenvalue weighted by atomic mass is 79.9. The van der Waals surface area contributed by atoms with E-state index in [1.54, 1.807) is 13.8 Å². The van der Waals surface area contributed by atoms with Gasteiger partial charge in [0.15, 0.2) is 11.6 Å². The lowest BCUT2D eigenvalue weighted by Crippen LogP contribution is -2.38. The molecule has 0 saturated heterocycles. The number of unbranched alkanes of at least 4 members (excludes halogenated alkanes) is 10. The molecular weight excluding hydrogens is 2370 g/mol. The van der Waals surface area contributed by atoms with Gasteiger partial charge in [-0.3, -0.25) is 19.2 Å². The van der Waals surface area contributed by atoms with E-state index in [0.717, 1.165) is 221 Å². The van der Waals surface area contributed by atoms with Crippen LogP contribution in [0.25, 0.3) is 0 Å². The molecule has 12 heterocycles. The molecule has 9 aromatic rings. The highest BCUT2D eigenvalue weighted by Gasteiger charge is 2.40. The summed E-state index contributed by atoms with van der Waals surface area (Å²) in [6, 6.07) is 41.6. The zero-order valence-electron chi connectivity index (χ0n) is 89.1. The van der Waals surface area contributed by atoms with Gasteiger partial charge in [-0.2, -0.15) is 15.2 Å². The first-order valence-corrected chi connectivity index (χ1v) is 63.8. The second-order valence-electron chi connectivity index (χ2n) is 42.1. The van der Waals surface area contributed by atoms with Crippen molar-refractivity contribution in [2.45, 2.75) is 314 Å². The van der Waals surface area contributed by atoms with E-state index >= 15 is 0 Å². The number of aromatic nitrogens is 11. The summed E-state index contributed by atoms with van der Waals surface area (Å²) in [5.74, 6) is 5.18. The number of amides is 2. The second-order valence-corrected chi connectivity index (χ2v) is 59.0. The van der Waals surface area contributed by atoms with Gasteiger partial charge in [0.25, 0.3) is 0 Å². The number of esters is 1. The van der Waals surface area contributed by atoms with Crippen LogP contribution in [-0.2, 0) is 73.0 Å². The number of nitrogen functional groups attached to an aromatic ring is 1. The third kappa shape index (κ3) is 52.5. The number of fused-ring (bicyclic) bond motifs is 4. The average molecular weight is 2530 g/mol. The summed E-state index contributed by atoms with van der Waals surface area (Å²) in [5, 5.41) is 38.7. The number of nitrogens with zero attached hydrogens (tertiary/aromatic N) is 13. The minimum atomic E-state index is -1.16. The van der Waals surface area contributed by atoms with Crippen molar-refractivity contribution in [3.63, 3.8) is 0 Å². The Balaban J connectivity index is 0.000000274. The average Bonchev–Trinajstić information content (AvgIpc) is 1.59. The number of nitrogens with one attached hydrogen (secondary N) is 1. The van der Waals surface area contributed by atoms with Crippen molar-refractivity contribution in [2.75, 3.05) is 77.1 Å². The fraction of sp³-hybridized carbons (Fsp3) is 0.579. The first kappa shape index (κ1) is 128. The van der Waals surface area contributed by atoms with Crippen molar-refractivity contribution in [1.82, 2.24) is 64.2 Å². The number of ether oxygens (including phenoxy) is 9. The largest absolute Gasteiger partial charge is 0.481 e. The molecule has 0 saturated carbocycles. The number of carbonyl (C=O) groups excluding carboxylic acids is 3. The Hall–Kier alpha value is -7.62. The summed E-state index contributed by atoms with van der Waals surface area (Å²) in [7, 11) is -2.30. The molecule has 0 unspecified atom stereocenters. The maximum Gasteiger partial charge on any atom is 0.312 e. The van der Waals surface area contributed by atoms with Gasteiger partial charge in [-0.1, -0.05) is 161 Å². The van der Waals surface area contributed by atoms with E-state index in [0.29, 0.717) is 133 Å². The Kier molecular flexibility index (Phi) is 57.8. The number of halogens is 7. The predicted molar refractivity (Wildman–Crippen MR) is 610 cm³/mol. The first-order chi connectivity index (χ1) is 69.5. The lowest BCUT2D eigenvalue weighted by Gasteiger charge is -2.29. The monoisotopic (exact) mass is 2520 g/mol. The zero-order valence-corrected chi connectivity index (χ0v) is 102. The Morgan fingerprint density at radius 2 is 0.823 bits per heavy atom. The summed E-state index contributed by atoms with van der Waals surface area (Å²) >= 11 is 22.9. The number of aliphatic hydroxyl groups is 2. The van der Waals surface area contributed by atoms with Crippen LogP contribution in [0.1, 0.15) is 240 Å². The van der Waals surface area contributed by atoms with Crippen LogP contribution in [0.15, 0.2) is 160 Å². The summed E-state index contributed by atoms with van der Waals surface area (Å²) in [6.45, 7) is 44.0. The molecule has 40 heteroatoms. The SMILES string of the molecule is Brc1cccc(Br)n1.CC(C)(C)OC(=O)C(C)(C)CCCCCOc1cccc(Br)n1.CC(C)(CCCCCOc1cccc(Br)n1)C(=O)N1Cc2c(N)nn(COCC[Si](C)(C)C)c2C1.CC(C)(CCCCCOc1cccc(Br)n1)C(=O)O.CC1(C)CCCCCOc2cccc(n2)Nc2nn(COCC[Si](C)(C)C)c3c2CN(C3)C1=O.OCCCCCOc1cccc(Br)n1.OCCCCCOc1cccc(Br)n1. The highest BCUT2D eigenvalue weighted by molar-refractivity contribution is 9.11. The van der Waals surface area contributed by atoms with Gasteiger partial charge >= 0.3 is 11.9 Å². The molecule has 147 heavy (non-hydrogen) atoms. The van der Waals surface area contributed by atoms with Crippen molar-refractivity contribution < 1.29 is 77.1 Å². The Morgan fingerprint density at radius 1 is 0.442 bits per heavy atom. The number of carboxylic acid groups (broad SMARTS) is 1. The molecule has 0 fully saturated rings. The Bertz CT molecular complexity index is 5330. The molecule has 9 aromatic heterocycles. The number of aliphatic carboxylic acids is 1. The van der Waals surface area contributed by atoms with E-state index in [1.807, 2.05) is 195 Å². The molecule has 0 spiro atoms. The van der Waals surface area contributed by atoms with Gasteiger partial charge in [0, 0.05) is 101 Å². The maximum atomic E-state index is 13.5. The van der Waals surface area contributed by atoms with Gasteiger partial charge in [0.05, 0.1) is 88.0 Å². The summed E-state index contributed by atoms with van der Waals surface area (Å²) < 4.78 is 60.2. The zero-order chi connectivity index (χ0) is 108. The van der Waals surface area contributed by atoms with E-state index in [2.05, 4.69) is 210 Å². The lowest BCUT2D eigenvalue weighted by atomic mass is 9.85. The second kappa shape index (κ2) is 66.4. The van der Waals surface area contributed by atoms with Crippen LogP contribution in [-0.4, -0.2) is 191 Å². The lowest BCUT2D eigenvalue weighted by molar-refractivity contribution is -0.166. The third-order valence-electron chi connectivity index (χ3n) is 23.4. The molecule has 3 aliphatic heterocycles. The van der Waals surface area contributed by atoms with E-state index in [1.165, 1.54) is 0 Å². The van der Waals surface area contributed by atoms with E-state index in [4.69, 9.17) is 68.8 Å². The van der Waals surface area contributed by atoms with Gasteiger partial charge < -0.3 is 78.8 Å². The molecule has 0 aliphatic carbocycles. The van der Waals surface area contributed by atoms with Crippen LogP contribution in [0.3, 0.4) is 0 Å². The van der Waals surface area contributed by atoms with Crippen LogP contribution in [0.5, 0.6) is 35.3 Å². The number of hydrogen-bond donors (Lipinski definition) is 5. The minimum Gasteiger partial charge on any atom is -0.481 e. The molecule has 31 nitrogen and oxygen atoms in total. The number of nitrogens with two attached hydrogens (primary N) is 1. The molecule has 6 N–H and O–H groups in total. The van der Waals surface area contributed by atoms with Crippen molar-refractivity contribution in [3.8, 4) is 35.3 Å². The molecular formula is C107H158Br7N15O16Si2. The number of rotatable bonds is 46. The van der Waals surface area contributed by atoms with Crippen LogP contribution in [0.4, 0.5) is 17.5 Å². The first-order valence-electron chi connectivity index (χ1n) is 50.8. The summed E-state index contributed by atoms with van der Waals surface area (Å²) in [6.07, 6.45) is 20.3. The third-order valence-corrected chi connectivity index (χ3v) is 29.9. The van der Waals surface area contributed by atoms with Gasteiger partial charge in [0.2, 0.25) is 47.1 Å². The number of carboxylic acids is 1. The Morgan fingerprint density at radius 3 is 1.21 bits per heavy atom. The molecule has 12 rings (SSSR count). The molecule has 2 amide bonds. The van der Waals surface area contributed by atoms with Gasteiger partial charge in [-0.15, -0.1) is 0 Å². The normalized spacial score (nSPS) is 13.4. The molecule has 3 aliphatic rings. The van der Waals surface area contributed by atoms with Gasteiger partial charge in [-0.25, -0.2) is 39.3 Å². The van der Waals surface area contributed by atoms with Crippen LogP contribution in [0, 0.1) is 21.7 Å². The Labute approximate surface area is 932 Å². The van der Waals surface area contributed by atoms with Gasteiger partial charge in [0.1, 0.15) is 57.1 Å². The van der Waals surface area contributed by atoms with E-state index in [9.17, 15) is 19.2 Å². The van der Waals surface area contributed by atoms with Crippen molar-refractivity contribution in [3.05, 3.63) is 182 Å². The topological polar surface area (TPSA) is 382 Å². The molecule has 0 atom stereocenters. The fourth-order valence-electron chi connectivity index (χ4n) is 14.6. The van der Waals surface area contributed by atoms with E-state index < -0.39 is 49.4 Å². The smallest absolute Gasteiger partial charge is 0.312 e. The number of aliphatic hydroxyl groups excluding tert-OH is 2. The summed E-state index contributed by atoms with van der Waals surface area (Å²) in [5.41, 5.74) is 7.88. The van der Waals surface area contributed by atoms with Crippen molar-refractivity contribution in [1.29, 1.82) is 0 Å².